The number of Topliss-reactive ketones (excluding diaryl/α,β-unsaturated/α-hetero) is 1. The number of rotatable bonds is 5. The van der Waals surface area contributed by atoms with Crippen molar-refractivity contribution in [3.63, 3.8) is 0 Å². The number of hydrogen-bond acceptors (Lipinski definition) is 4. The maximum absolute atomic E-state index is 12.0. The number of carbonyl (C=O) groups is 1. The van der Waals surface area contributed by atoms with Gasteiger partial charge in [0.05, 0.1) is 22.4 Å². The summed E-state index contributed by atoms with van der Waals surface area (Å²) in [4.78, 5) is 22.8. The maximum atomic E-state index is 12.0. The van der Waals surface area contributed by atoms with Gasteiger partial charge < -0.3 is 0 Å². The van der Waals surface area contributed by atoms with Crippen molar-refractivity contribution in [2.24, 2.45) is 5.29 Å². The summed E-state index contributed by atoms with van der Waals surface area (Å²) in [6.45, 7) is 0. The van der Waals surface area contributed by atoms with Crippen LogP contribution in [0.3, 0.4) is 0 Å². The van der Waals surface area contributed by atoms with Crippen molar-refractivity contribution in [3.8, 4) is 6.07 Å². The SMILES string of the molecule is N#Cc1ccc2c(c1)c(C(=O)CCCCl)cn2N=O. The summed E-state index contributed by atoms with van der Waals surface area (Å²) in [6.07, 6.45) is 2.27. The zero-order chi connectivity index (χ0) is 13.8. The van der Waals surface area contributed by atoms with Crippen molar-refractivity contribution in [1.29, 1.82) is 5.26 Å². The number of aromatic nitrogens is 1. The van der Waals surface area contributed by atoms with Gasteiger partial charge in [0.1, 0.15) is 0 Å². The molecule has 0 aliphatic carbocycles. The van der Waals surface area contributed by atoms with Gasteiger partial charge >= 0.3 is 0 Å². The van der Waals surface area contributed by atoms with Crippen molar-refractivity contribution in [3.05, 3.63) is 40.4 Å². The molecule has 19 heavy (non-hydrogen) atoms. The summed E-state index contributed by atoms with van der Waals surface area (Å²) in [5, 5.41) is 12.3. The van der Waals surface area contributed by atoms with Crippen molar-refractivity contribution in [1.82, 2.24) is 4.68 Å². The molecular formula is C13H10ClN3O2. The number of halogens is 1. The first-order chi connectivity index (χ1) is 9.21. The molecule has 0 bridgehead atoms. The Morgan fingerprint density at radius 3 is 2.89 bits per heavy atom. The fourth-order valence-corrected chi connectivity index (χ4v) is 2.07. The van der Waals surface area contributed by atoms with E-state index >= 15 is 0 Å². The summed E-state index contributed by atoms with van der Waals surface area (Å²) in [5.41, 5.74) is 1.35. The smallest absolute Gasteiger partial charge is 0.165 e. The summed E-state index contributed by atoms with van der Waals surface area (Å²) < 4.78 is 1.10. The highest BCUT2D eigenvalue weighted by Gasteiger charge is 2.15. The van der Waals surface area contributed by atoms with E-state index in [0.29, 0.717) is 40.8 Å². The number of nitrogens with zero attached hydrogens (tertiary/aromatic N) is 3. The molecule has 0 spiro atoms. The summed E-state index contributed by atoms with van der Waals surface area (Å²) in [7, 11) is 0. The fraction of sp³-hybridized carbons (Fsp3) is 0.231. The molecule has 0 saturated carbocycles. The van der Waals surface area contributed by atoms with E-state index in [1.54, 1.807) is 18.2 Å². The van der Waals surface area contributed by atoms with Gasteiger partial charge in [-0.2, -0.15) is 5.26 Å². The van der Waals surface area contributed by atoms with Crippen LogP contribution in [0.15, 0.2) is 29.7 Å². The zero-order valence-electron chi connectivity index (χ0n) is 9.97. The molecule has 0 aliphatic rings. The Morgan fingerprint density at radius 1 is 1.47 bits per heavy atom. The van der Waals surface area contributed by atoms with Crippen LogP contribution in [0.2, 0.25) is 0 Å². The summed E-state index contributed by atoms with van der Waals surface area (Å²) in [5.74, 6) is 0.294. The Balaban J connectivity index is 2.56. The molecule has 1 heterocycles. The zero-order valence-corrected chi connectivity index (χ0v) is 10.7. The lowest BCUT2D eigenvalue weighted by atomic mass is 10.0. The largest absolute Gasteiger partial charge is 0.294 e. The summed E-state index contributed by atoms with van der Waals surface area (Å²) >= 11 is 5.56. The van der Waals surface area contributed by atoms with E-state index in [-0.39, 0.29) is 5.78 Å². The highest BCUT2D eigenvalue weighted by Crippen LogP contribution is 2.24. The van der Waals surface area contributed by atoms with Crippen LogP contribution in [-0.2, 0) is 0 Å². The molecule has 0 unspecified atom stereocenters. The average molecular weight is 276 g/mol. The van der Waals surface area contributed by atoms with E-state index in [9.17, 15) is 9.70 Å². The third-order valence-corrected chi connectivity index (χ3v) is 3.11. The Morgan fingerprint density at radius 2 is 2.26 bits per heavy atom. The molecule has 0 N–H and O–H groups in total. The van der Waals surface area contributed by atoms with Crippen LogP contribution in [0.25, 0.3) is 10.9 Å². The quantitative estimate of drug-likeness (QED) is 0.477. The van der Waals surface area contributed by atoms with Crippen LogP contribution in [0.4, 0.5) is 0 Å². The fourth-order valence-electron chi connectivity index (χ4n) is 1.93. The monoisotopic (exact) mass is 275 g/mol. The van der Waals surface area contributed by atoms with E-state index in [1.807, 2.05) is 6.07 Å². The standard InChI is InChI=1S/C13H10ClN3O2/c14-5-1-2-13(18)11-8-17(16-19)12-4-3-9(7-15)6-10(11)12/h3-4,6,8H,1-2,5H2. The number of ketones is 1. The second kappa shape index (κ2) is 5.63. The van der Waals surface area contributed by atoms with E-state index in [2.05, 4.69) is 5.29 Å². The van der Waals surface area contributed by atoms with E-state index in [4.69, 9.17) is 16.9 Å². The molecule has 0 aliphatic heterocycles. The number of fused-ring (bicyclic) bond motifs is 1. The van der Waals surface area contributed by atoms with Crippen molar-refractivity contribution >= 4 is 28.3 Å². The number of carbonyl (C=O) groups excluding carboxylic acids is 1. The molecule has 2 rings (SSSR count). The van der Waals surface area contributed by atoms with Crippen LogP contribution < -0.4 is 0 Å². The van der Waals surface area contributed by atoms with Crippen molar-refractivity contribution in [2.45, 2.75) is 12.8 Å². The van der Waals surface area contributed by atoms with Crippen molar-refractivity contribution in [2.75, 3.05) is 5.88 Å². The van der Waals surface area contributed by atoms with Gasteiger partial charge in [0.25, 0.3) is 0 Å². The topological polar surface area (TPSA) is 75.2 Å². The molecule has 1 aromatic heterocycles. The highest BCUT2D eigenvalue weighted by atomic mass is 35.5. The van der Waals surface area contributed by atoms with Gasteiger partial charge in [-0.15, -0.1) is 16.5 Å². The molecule has 5 nitrogen and oxygen atoms in total. The first kappa shape index (κ1) is 13.2. The van der Waals surface area contributed by atoms with Gasteiger partial charge in [-0.1, -0.05) is 0 Å². The molecule has 0 fully saturated rings. The lowest BCUT2D eigenvalue weighted by Gasteiger charge is -1.97. The molecule has 0 saturated heterocycles. The first-order valence-electron chi connectivity index (χ1n) is 5.69. The van der Waals surface area contributed by atoms with Crippen LogP contribution in [0.1, 0.15) is 28.8 Å². The van der Waals surface area contributed by atoms with Gasteiger partial charge in [0, 0.05) is 29.4 Å². The first-order valence-corrected chi connectivity index (χ1v) is 6.22. The number of alkyl halides is 1. The van der Waals surface area contributed by atoms with Gasteiger partial charge in [-0.3, -0.25) is 4.79 Å². The Kier molecular flexibility index (Phi) is 3.93. The van der Waals surface area contributed by atoms with Crippen LogP contribution in [0.5, 0.6) is 0 Å². The molecule has 96 valence electrons. The van der Waals surface area contributed by atoms with E-state index < -0.39 is 0 Å². The predicted octanol–water partition coefficient (Wildman–Crippen LogP) is 3.24. The predicted molar refractivity (Wildman–Crippen MR) is 72.1 cm³/mol. The highest BCUT2D eigenvalue weighted by molar-refractivity contribution is 6.18. The molecule has 0 radical (unpaired) electrons. The lowest BCUT2D eigenvalue weighted by Crippen LogP contribution is -1.98. The maximum Gasteiger partial charge on any atom is 0.165 e. The van der Waals surface area contributed by atoms with E-state index in [0.717, 1.165) is 4.68 Å². The minimum Gasteiger partial charge on any atom is -0.294 e. The van der Waals surface area contributed by atoms with Gasteiger partial charge in [-0.05, 0) is 24.6 Å². The Bertz CT molecular complexity index is 685. The third kappa shape index (κ3) is 2.49. The van der Waals surface area contributed by atoms with Gasteiger partial charge in [0.2, 0.25) is 0 Å². The van der Waals surface area contributed by atoms with Gasteiger partial charge in [0.15, 0.2) is 5.78 Å². The second-order valence-electron chi connectivity index (χ2n) is 4.03. The Labute approximate surface area is 114 Å². The Hall–Kier alpha value is -2.19. The third-order valence-electron chi connectivity index (χ3n) is 2.84. The molecule has 0 amide bonds. The molecule has 6 heteroatoms. The molecule has 0 atom stereocenters. The lowest BCUT2D eigenvalue weighted by molar-refractivity contribution is 0.0983. The van der Waals surface area contributed by atoms with Crippen molar-refractivity contribution < 1.29 is 4.79 Å². The minimum atomic E-state index is -0.108. The number of hydrogen-bond donors (Lipinski definition) is 0. The van der Waals surface area contributed by atoms with E-state index in [1.165, 1.54) is 6.20 Å². The van der Waals surface area contributed by atoms with Crippen LogP contribution in [-0.4, -0.2) is 16.3 Å². The van der Waals surface area contributed by atoms with Gasteiger partial charge in [-0.25, -0.2) is 4.68 Å². The molecule has 2 aromatic rings. The average Bonchev–Trinajstić information content (AvgIpc) is 2.82. The number of nitriles is 1. The number of benzene rings is 1. The normalized spacial score (nSPS) is 10.3. The molecule has 1 aromatic carbocycles. The van der Waals surface area contributed by atoms with Crippen LogP contribution >= 0.6 is 11.6 Å². The summed E-state index contributed by atoms with van der Waals surface area (Å²) in [6, 6.07) is 6.78. The minimum absolute atomic E-state index is 0.108. The second-order valence-corrected chi connectivity index (χ2v) is 4.41. The number of nitroso groups, excluding NO2 is 1. The van der Waals surface area contributed by atoms with Crippen LogP contribution in [0, 0.1) is 16.2 Å². The molecular weight excluding hydrogens is 266 g/mol.